The van der Waals surface area contributed by atoms with Gasteiger partial charge >= 0.3 is 0 Å². The average Bonchev–Trinajstić information content (AvgIpc) is 3.65. The number of amides is 10. The van der Waals surface area contributed by atoms with E-state index in [1.54, 1.807) is 44.2 Å². The zero-order valence-electron chi connectivity index (χ0n) is 46.3. The zero-order valence-corrected chi connectivity index (χ0v) is 47.9. The van der Waals surface area contributed by atoms with Crippen LogP contribution in [0.5, 0.6) is 11.5 Å². The minimum absolute atomic E-state index is 0.000716. The molecule has 1 aliphatic heterocycles. The number of phenols is 2. The summed E-state index contributed by atoms with van der Waals surface area (Å²) in [5.41, 5.74) is 23.8. The fraction of sp³-hybridized carbons (Fsp3) is 0.463. The number of hydrogen-bond donors (Lipinski definition) is 16. The van der Waals surface area contributed by atoms with Gasteiger partial charge in [0.05, 0.1) is 13.2 Å². The van der Waals surface area contributed by atoms with E-state index in [4.69, 9.17) is 22.9 Å². The number of aliphatic hydroxyl groups excluding tert-OH is 1. The van der Waals surface area contributed by atoms with Crippen LogP contribution in [0.1, 0.15) is 69.6 Å². The molecule has 452 valence electrons. The number of aliphatic imine (C=N–C) groups is 1. The smallest absolute Gasteiger partial charge is 0.245 e. The van der Waals surface area contributed by atoms with E-state index in [9.17, 15) is 63.3 Å². The topological polar surface area (TPSA) is 456 Å². The van der Waals surface area contributed by atoms with Gasteiger partial charge in [-0.05, 0) is 93.5 Å². The Balaban J connectivity index is 1.83. The summed E-state index contributed by atoms with van der Waals surface area (Å²) in [7, 11) is 1.90. The number of aromatic hydroxyl groups is 2. The number of hydrogen-bond acceptors (Lipinski definition) is 17. The third kappa shape index (κ3) is 23.3. The molecule has 29 heteroatoms. The van der Waals surface area contributed by atoms with E-state index in [1.807, 2.05) is 0 Å². The highest BCUT2D eigenvalue weighted by molar-refractivity contribution is 8.77. The zero-order chi connectivity index (χ0) is 61.2. The Morgan fingerprint density at radius 1 is 0.675 bits per heavy atom. The first kappa shape index (κ1) is 67.4. The summed E-state index contributed by atoms with van der Waals surface area (Å²) in [6.07, 6.45) is 0.474. The Kier molecular flexibility index (Phi) is 27.3. The molecule has 27 nitrogen and oxygen atoms in total. The van der Waals surface area contributed by atoms with Crippen LogP contribution in [0, 0.1) is 0 Å². The molecule has 0 spiro atoms. The highest BCUT2D eigenvalue weighted by atomic mass is 33.1. The summed E-state index contributed by atoms with van der Waals surface area (Å²) in [5.74, 6) is -9.55. The first-order valence-corrected chi connectivity index (χ1v) is 28.9. The maximum atomic E-state index is 14.9. The molecule has 3 aromatic rings. The third-order valence-corrected chi connectivity index (χ3v) is 16.1. The number of phenolic OH excluding ortho intramolecular Hbond substituents is 2. The highest BCUT2D eigenvalue weighted by Crippen LogP contribution is 2.39. The Morgan fingerprint density at radius 2 is 1.25 bits per heavy atom. The standard InChI is InChI=1S/C54H76N14O13S2/c1-30(70)61-39(26-33-16-20-35(72)21-17-33)49(78)68-44-52(81)66-38(25-32-14-18-34(71)19-15-32)46(75)60-27-43(73)62-41(28-69)50(79)65-40(24-31-10-5-4-6-11-31)48(77)67-42(29-82-83-54(44,2)3)51(80)64-37(12-7-8-22-55)47(76)63-36(45(56)74)13-9-23-59-53(57)58/h4-6,10-11,14-21,36-42,44,69,71-72H,7-9,12-13,22-29,55H2,1-3H3,(H2,56,74)(H,60,75)(H,61,70)(H,62,73)(H,63,76)(H,64,80)(H,65,79)(H,66,81)(H,67,77)(H,68,78)(H4,57,58,59)/t36-,37-,38-,39-,40?,41-,42?,44?/m0/s1. The largest absolute Gasteiger partial charge is 0.508 e. The molecule has 4 rings (SSSR count). The predicted molar refractivity (Wildman–Crippen MR) is 311 cm³/mol. The fourth-order valence-electron chi connectivity index (χ4n) is 8.37. The summed E-state index contributed by atoms with van der Waals surface area (Å²) >= 11 is 0. The lowest BCUT2D eigenvalue weighted by molar-refractivity contribution is -0.135. The van der Waals surface area contributed by atoms with Gasteiger partial charge in [-0.15, -0.1) is 0 Å². The summed E-state index contributed by atoms with van der Waals surface area (Å²) < 4.78 is -1.45. The number of carbonyl (C=O) groups is 10. The lowest BCUT2D eigenvalue weighted by atomic mass is 9.98. The van der Waals surface area contributed by atoms with Gasteiger partial charge in [0.15, 0.2) is 5.96 Å². The number of unbranched alkanes of at least 4 members (excludes halogenated alkanes) is 1. The van der Waals surface area contributed by atoms with Crippen LogP contribution in [0.25, 0.3) is 0 Å². The van der Waals surface area contributed by atoms with Gasteiger partial charge in [0.2, 0.25) is 59.1 Å². The van der Waals surface area contributed by atoms with Crippen LogP contribution < -0.4 is 70.8 Å². The van der Waals surface area contributed by atoms with Crippen LogP contribution in [0.15, 0.2) is 83.9 Å². The Morgan fingerprint density at radius 3 is 1.84 bits per heavy atom. The number of nitrogens with two attached hydrogens (primary N) is 4. The molecule has 1 heterocycles. The van der Waals surface area contributed by atoms with Crippen molar-refractivity contribution >= 4 is 86.6 Å². The van der Waals surface area contributed by atoms with Crippen LogP contribution in [0.2, 0.25) is 0 Å². The first-order chi connectivity index (χ1) is 39.4. The Bertz CT molecular complexity index is 2740. The molecule has 0 bridgehead atoms. The van der Waals surface area contributed by atoms with E-state index in [2.05, 4.69) is 52.8 Å². The Labute approximate surface area is 488 Å². The van der Waals surface area contributed by atoms with Crippen LogP contribution in [-0.2, 0) is 67.2 Å². The van der Waals surface area contributed by atoms with Gasteiger partial charge < -0.3 is 86.1 Å². The highest BCUT2D eigenvalue weighted by Gasteiger charge is 2.42. The van der Waals surface area contributed by atoms with Crippen molar-refractivity contribution < 1.29 is 63.3 Å². The minimum Gasteiger partial charge on any atom is -0.508 e. The van der Waals surface area contributed by atoms with Crippen molar-refractivity contribution in [1.29, 1.82) is 0 Å². The molecule has 0 radical (unpaired) electrons. The van der Waals surface area contributed by atoms with Crippen molar-refractivity contribution in [2.24, 2.45) is 27.9 Å². The molecule has 83 heavy (non-hydrogen) atoms. The van der Waals surface area contributed by atoms with Crippen LogP contribution in [0.3, 0.4) is 0 Å². The lowest BCUT2D eigenvalue weighted by Crippen LogP contribution is -2.63. The molecule has 1 fully saturated rings. The number of rotatable bonds is 23. The first-order valence-electron chi connectivity index (χ1n) is 26.6. The second kappa shape index (κ2) is 33.7. The molecule has 20 N–H and O–H groups in total. The van der Waals surface area contributed by atoms with Crippen molar-refractivity contribution in [3.8, 4) is 11.5 Å². The van der Waals surface area contributed by atoms with Crippen molar-refractivity contribution in [3.63, 3.8) is 0 Å². The van der Waals surface area contributed by atoms with Gasteiger partial charge in [-0.1, -0.05) is 76.2 Å². The number of carbonyl (C=O) groups excluding carboxylic acids is 10. The molecule has 0 saturated carbocycles. The van der Waals surface area contributed by atoms with Crippen LogP contribution in [0.4, 0.5) is 0 Å². The maximum absolute atomic E-state index is 14.9. The van der Waals surface area contributed by atoms with E-state index < -0.39 is 125 Å². The summed E-state index contributed by atoms with van der Waals surface area (Å²) in [6, 6.07) is 8.22. The quantitative estimate of drug-likeness (QED) is 0.0194. The molecule has 3 unspecified atom stereocenters. The predicted octanol–water partition coefficient (Wildman–Crippen LogP) is -3.03. The molecular weight excluding hydrogens is 1120 g/mol. The van der Waals surface area contributed by atoms with Crippen molar-refractivity contribution in [2.75, 3.05) is 32.0 Å². The van der Waals surface area contributed by atoms with Gasteiger partial charge in [0.1, 0.15) is 59.8 Å². The van der Waals surface area contributed by atoms with E-state index in [0.717, 1.165) is 21.6 Å². The monoisotopic (exact) mass is 1190 g/mol. The molecule has 1 aliphatic rings. The van der Waals surface area contributed by atoms with Gasteiger partial charge in [-0.3, -0.25) is 52.9 Å². The third-order valence-electron chi connectivity index (χ3n) is 12.8. The van der Waals surface area contributed by atoms with Crippen LogP contribution >= 0.6 is 21.6 Å². The fourth-order valence-corrected chi connectivity index (χ4v) is 11.2. The lowest BCUT2D eigenvalue weighted by Gasteiger charge is -2.35. The normalized spacial score (nSPS) is 20.2. The molecule has 3 aromatic carbocycles. The van der Waals surface area contributed by atoms with Gasteiger partial charge in [0.25, 0.3) is 0 Å². The summed E-state index contributed by atoms with van der Waals surface area (Å²) in [6.45, 7) is 2.88. The number of primary amides is 1. The average molecular weight is 1190 g/mol. The second-order valence-corrected chi connectivity index (χ2v) is 23.1. The van der Waals surface area contributed by atoms with E-state index in [1.165, 1.54) is 55.5 Å². The summed E-state index contributed by atoms with van der Waals surface area (Å²) in [4.78, 5) is 143. The number of guanidine groups is 1. The van der Waals surface area contributed by atoms with E-state index in [0.29, 0.717) is 29.5 Å². The maximum Gasteiger partial charge on any atom is 0.245 e. The molecular formula is C54H76N14O13S2. The van der Waals surface area contributed by atoms with Gasteiger partial charge in [0, 0.05) is 43.2 Å². The van der Waals surface area contributed by atoms with E-state index >= 15 is 0 Å². The molecule has 8 atom stereocenters. The molecule has 10 amide bonds. The summed E-state index contributed by atoms with van der Waals surface area (Å²) in [5, 5.41) is 53.6. The number of benzene rings is 3. The van der Waals surface area contributed by atoms with Gasteiger partial charge in [-0.25, -0.2) is 0 Å². The molecule has 0 aromatic heterocycles. The molecule has 1 saturated heterocycles. The Hall–Kier alpha value is -8.15. The number of aliphatic hydroxyl groups is 1. The number of nitrogens with zero attached hydrogens (tertiary/aromatic N) is 1. The van der Waals surface area contributed by atoms with E-state index in [-0.39, 0.29) is 74.8 Å². The van der Waals surface area contributed by atoms with Crippen LogP contribution in [-0.4, -0.2) is 165 Å². The SMILES string of the molecule is CC(=O)N[C@@H](Cc1ccc(O)cc1)C(=O)NC1C(=O)N[C@@H](Cc2ccc(O)cc2)C(=O)NCC(=O)N[C@@H](CO)C(=O)NC(Cc2ccccc2)C(=O)NC(C(=O)N[C@@H](CCCCN)C(=O)N[C@@H](CCCN=C(N)N)C(N)=O)CSSC1(C)C. The van der Waals surface area contributed by atoms with Crippen molar-refractivity contribution in [2.45, 2.75) is 125 Å². The van der Waals surface area contributed by atoms with Crippen molar-refractivity contribution in [1.82, 2.24) is 47.9 Å². The van der Waals surface area contributed by atoms with Crippen molar-refractivity contribution in [3.05, 3.63) is 95.6 Å². The molecule has 0 aliphatic carbocycles. The van der Waals surface area contributed by atoms with Gasteiger partial charge in [-0.2, -0.15) is 0 Å². The minimum atomic E-state index is -1.69. The number of nitrogens with one attached hydrogen (secondary N) is 9. The second-order valence-electron chi connectivity index (χ2n) is 20.1.